The van der Waals surface area contributed by atoms with E-state index in [2.05, 4.69) is 0 Å². The number of ether oxygens (including phenoxy) is 1. The van der Waals surface area contributed by atoms with Crippen LogP contribution in [0.3, 0.4) is 0 Å². The second-order valence-electron chi connectivity index (χ2n) is 3.73. The Morgan fingerprint density at radius 1 is 0.867 bits per heavy atom. The summed E-state index contributed by atoms with van der Waals surface area (Å²) in [7, 11) is 0. The Morgan fingerprint density at radius 3 is 2.00 bits per heavy atom. The molecule has 0 radical (unpaired) electrons. The van der Waals surface area contributed by atoms with Crippen LogP contribution in [0.2, 0.25) is 0 Å². The second-order valence-corrected chi connectivity index (χ2v) is 3.73. The Bertz CT molecular complexity index is 185. The van der Waals surface area contributed by atoms with Gasteiger partial charge in [-0.25, -0.2) is 0 Å². The van der Waals surface area contributed by atoms with E-state index < -0.39 is 37.1 Å². The molecule has 5 N–H and O–H groups in total. The van der Waals surface area contributed by atoms with Crippen LogP contribution in [-0.4, -0.2) is 69.3 Å². The lowest BCUT2D eigenvalue weighted by atomic mass is 9.93. The van der Waals surface area contributed by atoms with E-state index in [-0.39, 0.29) is 6.61 Å². The second kappa shape index (κ2) is 5.74. The van der Waals surface area contributed by atoms with Crippen molar-refractivity contribution in [2.75, 3.05) is 13.2 Å². The van der Waals surface area contributed by atoms with Crippen LogP contribution in [0.4, 0.5) is 0 Å². The maximum atomic E-state index is 9.55. The molecule has 5 atom stereocenters. The number of aliphatic hydroxyl groups excluding tert-OH is 5. The average Bonchev–Trinajstić information content (AvgIpc) is 2.25. The molecule has 0 bridgehead atoms. The molecule has 0 spiro atoms. The fraction of sp³-hybridized carbons (Fsp3) is 1.00. The van der Waals surface area contributed by atoms with Gasteiger partial charge in [0.05, 0.1) is 12.7 Å². The zero-order chi connectivity index (χ0) is 11.4. The molecule has 6 nitrogen and oxygen atoms in total. The lowest BCUT2D eigenvalue weighted by molar-refractivity contribution is -0.230. The molecule has 1 saturated heterocycles. The van der Waals surface area contributed by atoms with E-state index in [1.807, 2.05) is 0 Å². The first-order valence-electron chi connectivity index (χ1n) is 5.03. The summed E-state index contributed by atoms with van der Waals surface area (Å²) in [5, 5.41) is 45.9. The molecule has 1 aliphatic heterocycles. The molecule has 0 aliphatic carbocycles. The Balaban J connectivity index is 2.57. The third-order valence-corrected chi connectivity index (χ3v) is 2.64. The number of hydrogen-bond acceptors (Lipinski definition) is 6. The lowest BCUT2D eigenvalue weighted by Gasteiger charge is -2.40. The summed E-state index contributed by atoms with van der Waals surface area (Å²) in [6.07, 6.45) is -4.52. The van der Waals surface area contributed by atoms with Gasteiger partial charge in [-0.3, -0.25) is 0 Å². The number of hydrogen-bond donors (Lipinski definition) is 5. The summed E-state index contributed by atoms with van der Waals surface area (Å²) in [5.74, 6) is 0. The quantitative estimate of drug-likeness (QED) is 0.363. The van der Waals surface area contributed by atoms with Crippen molar-refractivity contribution in [3.8, 4) is 0 Å². The topological polar surface area (TPSA) is 110 Å². The van der Waals surface area contributed by atoms with E-state index in [0.717, 1.165) is 0 Å². The van der Waals surface area contributed by atoms with Gasteiger partial charge in [0.25, 0.3) is 0 Å². The van der Waals surface area contributed by atoms with Crippen LogP contribution in [0.15, 0.2) is 0 Å². The van der Waals surface area contributed by atoms with Gasteiger partial charge in [0, 0.05) is 6.61 Å². The minimum Gasteiger partial charge on any atom is -0.396 e. The largest absolute Gasteiger partial charge is 0.396 e. The Kier molecular flexibility index (Phi) is 4.91. The third-order valence-electron chi connectivity index (χ3n) is 2.64. The van der Waals surface area contributed by atoms with Crippen molar-refractivity contribution in [2.24, 2.45) is 0 Å². The van der Waals surface area contributed by atoms with Gasteiger partial charge in [0.2, 0.25) is 0 Å². The van der Waals surface area contributed by atoms with Gasteiger partial charge in [-0.1, -0.05) is 0 Å². The molecule has 0 aromatic heterocycles. The first-order valence-corrected chi connectivity index (χ1v) is 5.03. The Labute approximate surface area is 87.7 Å². The van der Waals surface area contributed by atoms with Crippen molar-refractivity contribution >= 4 is 0 Å². The minimum absolute atomic E-state index is 0.0327. The van der Waals surface area contributed by atoms with E-state index >= 15 is 0 Å². The standard InChI is InChI=1S/C9H18O6/c10-3-1-2-5-7(12)9(14)8(13)6(4-11)15-5/h5-14H,1-4H2/t5?,6-,7?,8?,9?/m1/s1. The van der Waals surface area contributed by atoms with Gasteiger partial charge in [-0.05, 0) is 12.8 Å². The van der Waals surface area contributed by atoms with E-state index in [0.29, 0.717) is 12.8 Å². The van der Waals surface area contributed by atoms with Crippen LogP contribution >= 0.6 is 0 Å². The van der Waals surface area contributed by atoms with Gasteiger partial charge < -0.3 is 30.3 Å². The predicted octanol–water partition coefficient (Wildman–Crippen LogP) is -2.40. The summed E-state index contributed by atoms with van der Waals surface area (Å²) in [4.78, 5) is 0. The molecular weight excluding hydrogens is 204 g/mol. The van der Waals surface area contributed by atoms with Crippen molar-refractivity contribution < 1.29 is 30.3 Å². The van der Waals surface area contributed by atoms with E-state index in [1.165, 1.54) is 0 Å². The molecule has 1 rings (SSSR count). The molecule has 6 heteroatoms. The van der Waals surface area contributed by atoms with Crippen molar-refractivity contribution in [1.29, 1.82) is 0 Å². The summed E-state index contributed by atoms with van der Waals surface area (Å²) in [5.41, 5.74) is 0. The maximum Gasteiger partial charge on any atom is 0.111 e. The van der Waals surface area contributed by atoms with Crippen LogP contribution in [0, 0.1) is 0 Å². The normalized spacial score (nSPS) is 41.8. The third kappa shape index (κ3) is 2.87. The molecule has 0 aromatic rings. The van der Waals surface area contributed by atoms with E-state index in [1.54, 1.807) is 0 Å². The van der Waals surface area contributed by atoms with Gasteiger partial charge in [0.15, 0.2) is 0 Å². The van der Waals surface area contributed by atoms with Gasteiger partial charge in [-0.15, -0.1) is 0 Å². The van der Waals surface area contributed by atoms with E-state index in [9.17, 15) is 15.3 Å². The molecule has 4 unspecified atom stereocenters. The van der Waals surface area contributed by atoms with E-state index in [4.69, 9.17) is 14.9 Å². The monoisotopic (exact) mass is 222 g/mol. The Hall–Kier alpha value is -0.240. The smallest absolute Gasteiger partial charge is 0.111 e. The molecule has 90 valence electrons. The Morgan fingerprint density at radius 2 is 1.47 bits per heavy atom. The molecule has 1 fully saturated rings. The summed E-state index contributed by atoms with van der Waals surface area (Å²) in [6, 6.07) is 0. The van der Waals surface area contributed by atoms with Gasteiger partial charge in [0.1, 0.15) is 24.4 Å². The lowest BCUT2D eigenvalue weighted by Crippen LogP contribution is -2.58. The molecule has 0 saturated carbocycles. The molecule has 1 heterocycles. The highest BCUT2D eigenvalue weighted by atomic mass is 16.5. The molecule has 0 amide bonds. The number of rotatable bonds is 4. The van der Waals surface area contributed by atoms with Crippen molar-refractivity contribution in [3.63, 3.8) is 0 Å². The molecule has 1 aliphatic rings. The maximum absolute atomic E-state index is 9.55. The number of aliphatic hydroxyl groups is 5. The average molecular weight is 222 g/mol. The van der Waals surface area contributed by atoms with Crippen LogP contribution in [0.25, 0.3) is 0 Å². The van der Waals surface area contributed by atoms with Crippen molar-refractivity contribution in [2.45, 2.75) is 43.4 Å². The zero-order valence-electron chi connectivity index (χ0n) is 8.36. The fourth-order valence-electron chi connectivity index (χ4n) is 1.71. The van der Waals surface area contributed by atoms with Crippen LogP contribution in [0.1, 0.15) is 12.8 Å². The van der Waals surface area contributed by atoms with Crippen LogP contribution in [0.5, 0.6) is 0 Å². The summed E-state index contributed by atoms with van der Waals surface area (Å²) in [6.45, 7) is -0.449. The molecule has 15 heavy (non-hydrogen) atoms. The summed E-state index contributed by atoms with van der Waals surface area (Å²) >= 11 is 0. The molecular formula is C9H18O6. The van der Waals surface area contributed by atoms with Crippen LogP contribution < -0.4 is 0 Å². The zero-order valence-corrected chi connectivity index (χ0v) is 8.36. The highest BCUT2D eigenvalue weighted by molar-refractivity contribution is 4.91. The predicted molar refractivity (Wildman–Crippen MR) is 50.1 cm³/mol. The highest BCUT2D eigenvalue weighted by Gasteiger charge is 2.42. The SMILES string of the molecule is OCCCC1O[C@H](CO)C(O)C(O)C1O. The fourth-order valence-corrected chi connectivity index (χ4v) is 1.71. The first kappa shape index (κ1) is 12.8. The van der Waals surface area contributed by atoms with Gasteiger partial charge in [-0.2, -0.15) is 0 Å². The van der Waals surface area contributed by atoms with Crippen molar-refractivity contribution in [1.82, 2.24) is 0 Å². The first-order chi connectivity index (χ1) is 7.11. The van der Waals surface area contributed by atoms with Crippen molar-refractivity contribution in [3.05, 3.63) is 0 Å². The highest BCUT2D eigenvalue weighted by Crippen LogP contribution is 2.23. The summed E-state index contributed by atoms with van der Waals surface area (Å²) < 4.78 is 5.21. The van der Waals surface area contributed by atoms with Gasteiger partial charge >= 0.3 is 0 Å². The molecule has 0 aromatic carbocycles. The minimum atomic E-state index is -1.32. The van der Waals surface area contributed by atoms with Crippen LogP contribution in [-0.2, 0) is 4.74 Å².